The van der Waals surface area contributed by atoms with E-state index in [2.05, 4.69) is 0 Å². The maximum Gasteiger partial charge on any atom is 0.419 e. The number of nitrogens with zero attached hydrogens (tertiary/aromatic N) is 1. The van der Waals surface area contributed by atoms with E-state index in [1.807, 2.05) is 27.7 Å². The Balaban J connectivity index is 2.54. The molecule has 2 aromatic rings. The van der Waals surface area contributed by atoms with Crippen molar-refractivity contribution in [3.05, 3.63) is 34.3 Å². The van der Waals surface area contributed by atoms with Crippen molar-refractivity contribution in [1.29, 1.82) is 0 Å². The fraction of sp³-hybridized carbons (Fsp3) is 0.467. The number of aryl methyl sites for hydroxylation is 1. The van der Waals surface area contributed by atoms with Crippen LogP contribution in [-0.2, 0) is 6.54 Å². The SMILES string of the molecule is CCCn1c(=O)oc2cc(C(=O)C(C)(C)C)ccc21. The van der Waals surface area contributed by atoms with Crippen LogP contribution >= 0.6 is 0 Å². The highest BCUT2D eigenvalue weighted by atomic mass is 16.4. The monoisotopic (exact) mass is 261 g/mol. The van der Waals surface area contributed by atoms with Gasteiger partial charge in [-0.1, -0.05) is 27.7 Å². The number of hydrogen-bond donors (Lipinski definition) is 0. The Morgan fingerprint density at radius 2 is 2.00 bits per heavy atom. The summed E-state index contributed by atoms with van der Waals surface area (Å²) >= 11 is 0. The van der Waals surface area contributed by atoms with Crippen LogP contribution in [0.1, 0.15) is 44.5 Å². The summed E-state index contributed by atoms with van der Waals surface area (Å²) in [5, 5.41) is 0. The number of Topliss-reactive ketones (excluding diaryl/α,β-unsaturated/α-hetero) is 1. The molecule has 0 spiro atoms. The average Bonchev–Trinajstić information content (AvgIpc) is 2.63. The number of fused-ring (bicyclic) bond motifs is 1. The van der Waals surface area contributed by atoms with Crippen LogP contribution in [0.4, 0.5) is 0 Å². The van der Waals surface area contributed by atoms with Gasteiger partial charge in [-0.25, -0.2) is 4.79 Å². The summed E-state index contributed by atoms with van der Waals surface area (Å²) in [6.45, 7) is 8.25. The van der Waals surface area contributed by atoms with Gasteiger partial charge in [0.1, 0.15) is 0 Å². The van der Waals surface area contributed by atoms with Gasteiger partial charge in [0.25, 0.3) is 0 Å². The zero-order valence-corrected chi connectivity index (χ0v) is 11.8. The number of ketones is 1. The third kappa shape index (κ3) is 2.48. The van der Waals surface area contributed by atoms with Crippen LogP contribution in [0.25, 0.3) is 11.1 Å². The minimum atomic E-state index is -0.444. The summed E-state index contributed by atoms with van der Waals surface area (Å²) < 4.78 is 6.81. The Morgan fingerprint density at radius 1 is 1.32 bits per heavy atom. The Morgan fingerprint density at radius 3 is 2.58 bits per heavy atom. The molecule has 0 bridgehead atoms. The molecule has 0 unspecified atom stereocenters. The van der Waals surface area contributed by atoms with Crippen molar-refractivity contribution in [3.8, 4) is 0 Å². The predicted octanol–water partition coefficient (Wildman–Crippen LogP) is 3.23. The number of carbonyl (C=O) groups excluding carboxylic acids is 1. The van der Waals surface area contributed by atoms with Crippen molar-refractivity contribution in [2.75, 3.05) is 0 Å². The van der Waals surface area contributed by atoms with Gasteiger partial charge in [0.05, 0.1) is 5.52 Å². The average molecular weight is 261 g/mol. The molecule has 4 nitrogen and oxygen atoms in total. The van der Waals surface area contributed by atoms with E-state index in [4.69, 9.17) is 4.42 Å². The van der Waals surface area contributed by atoms with Crippen molar-refractivity contribution in [3.63, 3.8) is 0 Å². The highest BCUT2D eigenvalue weighted by Gasteiger charge is 2.23. The summed E-state index contributed by atoms with van der Waals surface area (Å²) in [5.41, 5.74) is 1.36. The summed E-state index contributed by atoms with van der Waals surface area (Å²) in [6, 6.07) is 5.21. The fourth-order valence-electron chi connectivity index (χ4n) is 2.08. The van der Waals surface area contributed by atoms with Crippen LogP contribution in [0.3, 0.4) is 0 Å². The predicted molar refractivity (Wildman–Crippen MR) is 74.6 cm³/mol. The minimum absolute atomic E-state index is 0.0419. The molecule has 0 fully saturated rings. The molecule has 0 aliphatic rings. The van der Waals surface area contributed by atoms with Gasteiger partial charge in [-0.3, -0.25) is 9.36 Å². The van der Waals surface area contributed by atoms with Crippen molar-refractivity contribution >= 4 is 16.9 Å². The maximum absolute atomic E-state index is 12.2. The molecule has 0 saturated carbocycles. The molecule has 0 amide bonds. The number of oxazole rings is 1. The molecule has 4 heteroatoms. The highest BCUT2D eigenvalue weighted by Crippen LogP contribution is 2.23. The lowest BCUT2D eigenvalue weighted by Gasteiger charge is -2.16. The van der Waals surface area contributed by atoms with Crippen LogP contribution < -0.4 is 5.76 Å². The molecule has 0 N–H and O–H groups in total. The zero-order valence-electron chi connectivity index (χ0n) is 11.8. The summed E-state index contributed by atoms with van der Waals surface area (Å²) in [4.78, 5) is 23.9. The first-order valence-electron chi connectivity index (χ1n) is 6.53. The van der Waals surface area contributed by atoms with Gasteiger partial charge in [0.15, 0.2) is 11.4 Å². The quantitative estimate of drug-likeness (QED) is 0.797. The van der Waals surface area contributed by atoms with E-state index >= 15 is 0 Å². The number of aromatic nitrogens is 1. The normalized spacial score (nSPS) is 12.0. The number of benzene rings is 1. The molecule has 0 atom stereocenters. The smallest absolute Gasteiger partial charge is 0.408 e. The molecular formula is C15H19NO3. The van der Waals surface area contributed by atoms with Crippen LogP contribution in [0.5, 0.6) is 0 Å². The number of rotatable bonds is 3. The van der Waals surface area contributed by atoms with Crippen LogP contribution in [-0.4, -0.2) is 10.4 Å². The molecule has 0 radical (unpaired) electrons. The van der Waals surface area contributed by atoms with E-state index in [9.17, 15) is 9.59 Å². The maximum atomic E-state index is 12.2. The molecule has 102 valence electrons. The summed E-state index contributed by atoms with van der Waals surface area (Å²) in [7, 11) is 0. The molecule has 2 rings (SSSR count). The third-order valence-corrected chi connectivity index (χ3v) is 3.06. The molecule has 1 heterocycles. The van der Waals surface area contributed by atoms with Gasteiger partial charge in [-0.05, 0) is 24.6 Å². The van der Waals surface area contributed by atoms with Gasteiger partial charge in [-0.15, -0.1) is 0 Å². The van der Waals surface area contributed by atoms with Gasteiger partial charge in [-0.2, -0.15) is 0 Å². The number of hydrogen-bond acceptors (Lipinski definition) is 3. The standard InChI is InChI=1S/C15H19NO3/c1-5-8-16-11-7-6-10(13(17)15(2,3)4)9-12(11)19-14(16)18/h6-7,9H,5,8H2,1-4H3. The second-order valence-electron chi connectivity index (χ2n) is 5.78. The Labute approximate surface area is 112 Å². The molecule has 0 aliphatic heterocycles. The highest BCUT2D eigenvalue weighted by molar-refractivity contribution is 6.01. The second kappa shape index (κ2) is 4.68. The van der Waals surface area contributed by atoms with Crippen molar-refractivity contribution < 1.29 is 9.21 Å². The largest absolute Gasteiger partial charge is 0.419 e. The molecule has 0 saturated heterocycles. The Hall–Kier alpha value is -1.84. The number of carbonyl (C=O) groups is 1. The van der Waals surface area contributed by atoms with E-state index < -0.39 is 5.41 Å². The van der Waals surface area contributed by atoms with E-state index in [-0.39, 0.29) is 11.5 Å². The van der Waals surface area contributed by atoms with Crippen molar-refractivity contribution in [2.45, 2.75) is 40.7 Å². The summed E-state index contributed by atoms with van der Waals surface area (Å²) in [5.74, 6) is -0.322. The second-order valence-corrected chi connectivity index (χ2v) is 5.78. The van der Waals surface area contributed by atoms with Gasteiger partial charge < -0.3 is 4.42 Å². The fourth-order valence-corrected chi connectivity index (χ4v) is 2.08. The van der Waals surface area contributed by atoms with Crippen molar-refractivity contribution in [2.24, 2.45) is 5.41 Å². The minimum Gasteiger partial charge on any atom is -0.408 e. The van der Waals surface area contributed by atoms with Crippen LogP contribution in [0, 0.1) is 5.41 Å². The van der Waals surface area contributed by atoms with E-state index in [0.29, 0.717) is 17.7 Å². The van der Waals surface area contributed by atoms with E-state index in [0.717, 1.165) is 11.9 Å². The van der Waals surface area contributed by atoms with E-state index in [1.165, 1.54) is 0 Å². The molecule has 0 aliphatic carbocycles. The van der Waals surface area contributed by atoms with Gasteiger partial charge >= 0.3 is 5.76 Å². The van der Waals surface area contributed by atoms with E-state index in [1.54, 1.807) is 22.8 Å². The first-order chi connectivity index (χ1) is 8.84. The topological polar surface area (TPSA) is 52.2 Å². The molecule has 1 aromatic heterocycles. The molecule has 1 aromatic carbocycles. The van der Waals surface area contributed by atoms with Crippen LogP contribution in [0.15, 0.2) is 27.4 Å². The van der Waals surface area contributed by atoms with Gasteiger partial charge in [0, 0.05) is 17.5 Å². The lowest BCUT2D eigenvalue weighted by Crippen LogP contribution is -2.20. The molecule has 19 heavy (non-hydrogen) atoms. The first-order valence-corrected chi connectivity index (χ1v) is 6.53. The van der Waals surface area contributed by atoms with Crippen molar-refractivity contribution in [1.82, 2.24) is 4.57 Å². The summed E-state index contributed by atoms with van der Waals surface area (Å²) in [6.07, 6.45) is 0.858. The lowest BCUT2D eigenvalue weighted by molar-refractivity contribution is 0.0858. The third-order valence-electron chi connectivity index (χ3n) is 3.06. The Kier molecular flexibility index (Phi) is 3.35. The molecular weight excluding hydrogens is 242 g/mol. The Bertz CT molecular complexity index is 671. The lowest BCUT2D eigenvalue weighted by atomic mass is 9.86. The first kappa shape index (κ1) is 13.6. The zero-order chi connectivity index (χ0) is 14.2. The van der Waals surface area contributed by atoms with Crippen LogP contribution in [0.2, 0.25) is 0 Å². The van der Waals surface area contributed by atoms with Gasteiger partial charge in [0.2, 0.25) is 0 Å².